The fraction of sp³-hybridized carbons (Fsp3) is 0.462. The predicted octanol–water partition coefficient (Wildman–Crippen LogP) is 5.03. The average Bonchev–Trinajstić information content (AvgIpc) is 3.54. The molecule has 1 aliphatic rings. The van der Waals surface area contributed by atoms with Crippen molar-refractivity contribution in [3.05, 3.63) is 59.8 Å². The molecule has 0 radical (unpaired) electrons. The zero-order valence-electron chi connectivity index (χ0n) is 19.8. The van der Waals surface area contributed by atoms with Gasteiger partial charge in [-0.1, -0.05) is 75.8 Å². The monoisotopic (exact) mass is 456 g/mol. The fourth-order valence-corrected chi connectivity index (χ4v) is 4.85. The standard InChI is InChI=1S/C26H32N8/c1-2-3-11-24-28-23(17-19-8-5-4-6-9-19)31-34(24)18-20-12-14-21(15-13-20)22-10-7-16-27-25(22)26-29-32-33-30-26/h7,10,12-16,19H,2-6,8-9,11,17-18H2,1H3,(H,29,30,32,33). The Balaban J connectivity index is 1.34. The van der Waals surface area contributed by atoms with Crippen molar-refractivity contribution in [1.82, 2.24) is 40.4 Å². The first-order valence-corrected chi connectivity index (χ1v) is 12.5. The van der Waals surface area contributed by atoms with Crippen LogP contribution in [0.25, 0.3) is 22.6 Å². The van der Waals surface area contributed by atoms with E-state index in [9.17, 15) is 0 Å². The molecule has 0 saturated heterocycles. The van der Waals surface area contributed by atoms with Crippen LogP contribution in [-0.4, -0.2) is 40.4 Å². The molecule has 1 aromatic carbocycles. The van der Waals surface area contributed by atoms with Gasteiger partial charge in [-0.2, -0.15) is 10.3 Å². The van der Waals surface area contributed by atoms with Gasteiger partial charge in [0.25, 0.3) is 0 Å². The SMILES string of the molecule is CCCCc1nc(CC2CCCCC2)nn1Cc1ccc(-c2cccnc2-c2nn[nH]n2)cc1. The van der Waals surface area contributed by atoms with E-state index in [4.69, 9.17) is 10.1 Å². The minimum atomic E-state index is 0.494. The van der Waals surface area contributed by atoms with Crippen molar-refractivity contribution in [2.24, 2.45) is 5.92 Å². The van der Waals surface area contributed by atoms with Crippen LogP contribution < -0.4 is 0 Å². The second kappa shape index (κ2) is 10.7. The second-order valence-corrected chi connectivity index (χ2v) is 9.25. The molecule has 1 fully saturated rings. The molecule has 0 spiro atoms. The van der Waals surface area contributed by atoms with Gasteiger partial charge in [-0.15, -0.1) is 10.2 Å². The number of nitrogens with zero attached hydrogens (tertiary/aromatic N) is 7. The van der Waals surface area contributed by atoms with Crippen molar-refractivity contribution in [2.75, 3.05) is 0 Å². The van der Waals surface area contributed by atoms with Crippen molar-refractivity contribution < 1.29 is 0 Å². The van der Waals surface area contributed by atoms with Gasteiger partial charge in [-0.05, 0) is 34.7 Å². The first kappa shape index (κ1) is 22.4. The summed E-state index contributed by atoms with van der Waals surface area (Å²) in [5.74, 6) is 3.38. The van der Waals surface area contributed by atoms with E-state index >= 15 is 0 Å². The lowest BCUT2D eigenvalue weighted by atomic mass is 9.87. The number of aromatic nitrogens is 8. The van der Waals surface area contributed by atoms with Crippen LogP contribution >= 0.6 is 0 Å². The zero-order chi connectivity index (χ0) is 23.2. The molecule has 3 aromatic heterocycles. The summed E-state index contributed by atoms with van der Waals surface area (Å²) in [5.41, 5.74) is 3.98. The van der Waals surface area contributed by atoms with Gasteiger partial charge in [0.1, 0.15) is 11.5 Å². The van der Waals surface area contributed by atoms with Crippen LogP contribution in [0.3, 0.4) is 0 Å². The number of unbranched alkanes of at least 4 members (excludes halogenated alkanes) is 1. The van der Waals surface area contributed by atoms with E-state index in [1.165, 1.54) is 37.7 Å². The number of aromatic amines is 1. The van der Waals surface area contributed by atoms with Gasteiger partial charge in [-0.3, -0.25) is 4.98 Å². The Labute approximate surface area is 200 Å². The molecule has 8 nitrogen and oxygen atoms in total. The van der Waals surface area contributed by atoms with Crippen LogP contribution in [0.5, 0.6) is 0 Å². The molecule has 0 bridgehead atoms. The molecular weight excluding hydrogens is 424 g/mol. The van der Waals surface area contributed by atoms with Gasteiger partial charge in [0, 0.05) is 24.6 Å². The third kappa shape index (κ3) is 5.21. The Kier molecular flexibility index (Phi) is 7.02. The quantitative estimate of drug-likeness (QED) is 0.379. The van der Waals surface area contributed by atoms with Crippen molar-refractivity contribution >= 4 is 0 Å². The maximum atomic E-state index is 4.96. The van der Waals surface area contributed by atoms with Gasteiger partial charge < -0.3 is 0 Å². The lowest BCUT2D eigenvalue weighted by Gasteiger charge is -2.19. The normalized spacial score (nSPS) is 14.5. The van der Waals surface area contributed by atoms with Crippen LogP contribution in [0, 0.1) is 5.92 Å². The summed E-state index contributed by atoms with van der Waals surface area (Å²) in [5, 5.41) is 19.3. The highest BCUT2D eigenvalue weighted by molar-refractivity contribution is 5.77. The van der Waals surface area contributed by atoms with Gasteiger partial charge in [0.2, 0.25) is 5.82 Å². The summed E-state index contributed by atoms with van der Waals surface area (Å²) in [6, 6.07) is 12.5. The molecule has 0 unspecified atom stereocenters. The maximum absolute atomic E-state index is 4.96. The number of rotatable bonds is 9. The average molecular weight is 457 g/mol. The Morgan fingerprint density at radius 1 is 1.06 bits per heavy atom. The van der Waals surface area contributed by atoms with Crippen LogP contribution in [-0.2, 0) is 19.4 Å². The lowest BCUT2D eigenvalue weighted by molar-refractivity contribution is 0.351. The Morgan fingerprint density at radius 2 is 1.91 bits per heavy atom. The van der Waals surface area contributed by atoms with E-state index in [0.717, 1.165) is 66.6 Å². The van der Waals surface area contributed by atoms with E-state index in [0.29, 0.717) is 5.82 Å². The maximum Gasteiger partial charge on any atom is 0.223 e. The van der Waals surface area contributed by atoms with Gasteiger partial charge in [0.15, 0.2) is 5.82 Å². The number of pyridine rings is 1. The fourth-order valence-electron chi connectivity index (χ4n) is 4.85. The highest BCUT2D eigenvalue weighted by Crippen LogP contribution is 2.28. The third-order valence-electron chi connectivity index (χ3n) is 6.70. The molecular formula is C26H32N8. The van der Waals surface area contributed by atoms with E-state index < -0.39 is 0 Å². The number of hydrogen-bond donors (Lipinski definition) is 1. The van der Waals surface area contributed by atoms with Crippen LogP contribution in [0.1, 0.15) is 69.1 Å². The molecule has 1 aliphatic carbocycles. The molecule has 1 saturated carbocycles. The molecule has 0 aliphatic heterocycles. The van der Waals surface area contributed by atoms with Crippen LogP contribution in [0.4, 0.5) is 0 Å². The van der Waals surface area contributed by atoms with Crippen LogP contribution in [0.15, 0.2) is 42.6 Å². The molecule has 0 atom stereocenters. The smallest absolute Gasteiger partial charge is 0.223 e. The molecule has 1 N–H and O–H groups in total. The first-order valence-electron chi connectivity index (χ1n) is 12.5. The summed E-state index contributed by atoms with van der Waals surface area (Å²) >= 11 is 0. The Bertz CT molecular complexity index is 1170. The molecule has 4 aromatic rings. The zero-order valence-corrected chi connectivity index (χ0v) is 19.8. The largest absolute Gasteiger partial charge is 0.252 e. The lowest BCUT2D eigenvalue weighted by Crippen LogP contribution is -2.11. The summed E-state index contributed by atoms with van der Waals surface area (Å²) in [7, 11) is 0. The third-order valence-corrected chi connectivity index (χ3v) is 6.70. The highest BCUT2D eigenvalue weighted by atomic mass is 15.5. The number of nitrogens with one attached hydrogen (secondary N) is 1. The van der Waals surface area contributed by atoms with Gasteiger partial charge in [-0.25, -0.2) is 9.67 Å². The van der Waals surface area contributed by atoms with Crippen molar-refractivity contribution in [2.45, 2.75) is 71.3 Å². The van der Waals surface area contributed by atoms with E-state index in [2.05, 4.69) is 61.5 Å². The molecule has 0 amide bonds. The van der Waals surface area contributed by atoms with Crippen molar-refractivity contribution in [1.29, 1.82) is 0 Å². The van der Waals surface area contributed by atoms with Crippen LogP contribution in [0.2, 0.25) is 0 Å². The highest BCUT2D eigenvalue weighted by Gasteiger charge is 2.18. The second-order valence-electron chi connectivity index (χ2n) is 9.25. The summed E-state index contributed by atoms with van der Waals surface area (Å²) in [6.45, 7) is 2.96. The Hall–Kier alpha value is -3.42. The predicted molar refractivity (Wildman–Crippen MR) is 131 cm³/mol. The molecule has 3 heterocycles. The molecule has 34 heavy (non-hydrogen) atoms. The minimum Gasteiger partial charge on any atom is -0.252 e. The Morgan fingerprint density at radius 3 is 2.68 bits per heavy atom. The van der Waals surface area contributed by atoms with E-state index in [-0.39, 0.29) is 0 Å². The summed E-state index contributed by atoms with van der Waals surface area (Å²) in [6.07, 6.45) is 12.8. The molecule has 5 rings (SSSR count). The van der Waals surface area contributed by atoms with Crippen molar-refractivity contribution in [3.63, 3.8) is 0 Å². The first-order chi connectivity index (χ1) is 16.8. The number of benzene rings is 1. The van der Waals surface area contributed by atoms with Gasteiger partial charge >= 0.3 is 0 Å². The summed E-state index contributed by atoms with van der Waals surface area (Å²) in [4.78, 5) is 9.44. The van der Waals surface area contributed by atoms with E-state index in [1.807, 2.05) is 12.1 Å². The minimum absolute atomic E-state index is 0.494. The number of aryl methyl sites for hydroxylation is 1. The topological polar surface area (TPSA) is 98.1 Å². The van der Waals surface area contributed by atoms with Crippen molar-refractivity contribution in [3.8, 4) is 22.6 Å². The van der Waals surface area contributed by atoms with E-state index in [1.54, 1.807) is 6.20 Å². The number of tetrazole rings is 1. The molecule has 8 heteroatoms. The number of H-pyrrole nitrogens is 1. The summed E-state index contributed by atoms with van der Waals surface area (Å²) < 4.78 is 2.12. The molecule has 176 valence electrons. The number of hydrogen-bond acceptors (Lipinski definition) is 6. The van der Waals surface area contributed by atoms with Gasteiger partial charge in [0.05, 0.1) is 6.54 Å².